The molecule has 3 aromatic carbocycles. The maximum Gasteiger partial charge on any atom is 0.227 e. The summed E-state index contributed by atoms with van der Waals surface area (Å²) in [6.45, 7) is 2.54. The number of rotatable bonds is 5. The van der Waals surface area contributed by atoms with E-state index in [1.54, 1.807) is 14.2 Å². The lowest BCUT2D eigenvalue weighted by Crippen LogP contribution is -2.49. The van der Waals surface area contributed by atoms with E-state index in [1.807, 2.05) is 18.2 Å². The fourth-order valence-electron chi connectivity index (χ4n) is 5.56. The van der Waals surface area contributed by atoms with E-state index in [2.05, 4.69) is 60.8 Å². The molecule has 3 aromatic rings. The highest BCUT2D eigenvalue weighted by molar-refractivity contribution is 5.86. The highest BCUT2D eigenvalue weighted by Crippen LogP contribution is 2.60. The molecule has 1 unspecified atom stereocenters. The third kappa shape index (κ3) is 3.01. The number of carbonyl (C=O) groups is 1. The number of nitrogens with one attached hydrogen (secondary N) is 1. The van der Waals surface area contributed by atoms with Crippen LogP contribution in [0.25, 0.3) is 0 Å². The Morgan fingerprint density at radius 3 is 2.13 bits per heavy atom. The molecule has 1 N–H and O–H groups in total. The standard InChI is InChI=1S/C27H27NO3/c1-27(26(29)28-16-17-12-13-18(30-2)14-24(17)31-3)15-23-19-8-4-6-10-21(19)25(27)22-11-7-5-9-20(22)23/h4-14,23,25H,15-16H2,1-3H3,(H,28,29). The monoisotopic (exact) mass is 413 g/mol. The summed E-state index contributed by atoms with van der Waals surface area (Å²) < 4.78 is 10.8. The smallest absolute Gasteiger partial charge is 0.227 e. The largest absolute Gasteiger partial charge is 0.497 e. The van der Waals surface area contributed by atoms with Crippen molar-refractivity contribution in [1.29, 1.82) is 0 Å². The minimum Gasteiger partial charge on any atom is -0.497 e. The van der Waals surface area contributed by atoms with Gasteiger partial charge in [0.1, 0.15) is 11.5 Å². The van der Waals surface area contributed by atoms with Crippen molar-refractivity contribution < 1.29 is 14.3 Å². The van der Waals surface area contributed by atoms with Gasteiger partial charge in [0.25, 0.3) is 0 Å². The molecule has 4 nitrogen and oxygen atoms in total. The number of amides is 1. The summed E-state index contributed by atoms with van der Waals surface area (Å²) in [6, 6.07) is 22.9. The minimum atomic E-state index is -0.507. The van der Waals surface area contributed by atoms with Gasteiger partial charge in [0.2, 0.25) is 5.91 Å². The Morgan fingerprint density at radius 1 is 0.935 bits per heavy atom. The van der Waals surface area contributed by atoms with E-state index in [-0.39, 0.29) is 17.7 Å². The molecule has 2 bridgehead atoms. The Balaban J connectivity index is 1.47. The van der Waals surface area contributed by atoms with Crippen LogP contribution < -0.4 is 14.8 Å². The van der Waals surface area contributed by atoms with Crippen molar-refractivity contribution in [3.63, 3.8) is 0 Å². The van der Waals surface area contributed by atoms with Crippen LogP contribution in [0.15, 0.2) is 66.7 Å². The van der Waals surface area contributed by atoms with E-state index < -0.39 is 5.41 Å². The number of hydrogen-bond acceptors (Lipinski definition) is 3. The molecule has 0 fully saturated rings. The highest BCUT2D eigenvalue weighted by Gasteiger charge is 2.53. The lowest BCUT2D eigenvalue weighted by molar-refractivity contribution is -0.132. The van der Waals surface area contributed by atoms with Crippen LogP contribution in [-0.4, -0.2) is 20.1 Å². The van der Waals surface area contributed by atoms with E-state index in [0.29, 0.717) is 12.3 Å². The quantitative estimate of drug-likeness (QED) is 0.640. The lowest BCUT2D eigenvalue weighted by Gasteiger charge is -2.50. The van der Waals surface area contributed by atoms with Gasteiger partial charge in [0, 0.05) is 30.0 Å². The SMILES string of the molecule is COc1ccc(CNC(=O)C2(C)CC3c4ccccc4C2c2ccccc23)c(OC)c1. The van der Waals surface area contributed by atoms with E-state index in [4.69, 9.17) is 9.47 Å². The molecule has 0 saturated carbocycles. The van der Waals surface area contributed by atoms with Crippen LogP contribution in [0.4, 0.5) is 0 Å². The molecular weight excluding hydrogens is 386 g/mol. The summed E-state index contributed by atoms with van der Waals surface area (Å²) in [5.74, 6) is 1.85. The first-order valence-electron chi connectivity index (χ1n) is 10.7. The molecular formula is C27H27NO3. The predicted molar refractivity (Wildman–Crippen MR) is 121 cm³/mol. The van der Waals surface area contributed by atoms with Crippen LogP contribution in [-0.2, 0) is 11.3 Å². The Bertz CT molecular complexity index is 1110. The molecule has 0 saturated heterocycles. The van der Waals surface area contributed by atoms with Crippen molar-refractivity contribution in [2.45, 2.75) is 31.7 Å². The van der Waals surface area contributed by atoms with Crippen molar-refractivity contribution >= 4 is 5.91 Å². The topological polar surface area (TPSA) is 47.6 Å². The van der Waals surface area contributed by atoms with Gasteiger partial charge in [-0.3, -0.25) is 4.79 Å². The number of ether oxygens (including phenoxy) is 2. The van der Waals surface area contributed by atoms with Crippen molar-refractivity contribution in [2.24, 2.45) is 5.41 Å². The third-order valence-corrected chi connectivity index (χ3v) is 7.08. The van der Waals surface area contributed by atoms with Crippen LogP contribution >= 0.6 is 0 Å². The van der Waals surface area contributed by atoms with Crippen molar-refractivity contribution in [2.75, 3.05) is 14.2 Å². The van der Waals surface area contributed by atoms with E-state index in [9.17, 15) is 4.79 Å². The van der Waals surface area contributed by atoms with Crippen LogP contribution in [0.1, 0.15) is 53.0 Å². The summed E-state index contributed by atoms with van der Waals surface area (Å²) >= 11 is 0. The van der Waals surface area contributed by atoms with Gasteiger partial charge in [0.05, 0.1) is 19.6 Å². The zero-order valence-corrected chi connectivity index (χ0v) is 18.1. The second kappa shape index (κ2) is 7.45. The Labute approximate surface area is 183 Å². The molecule has 31 heavy (non-hydrogen) atoms. The third-order valence-electron chi connectivity index (χ3n) is 7.08. The molecule has 6 rings (SSSR count). The van der Waals surface area contributed by atoms with Crippen LogP contribution in [0.5, 0.6) is 11.5 Å². The summed E-state index contributed by atoms with van der Waals surface area (Å²) in [5, 5.41) is 3.21. The molecule has 0 aromatic heterocycles. The number of fused-ring (bicyclic) bond motifs is 1. The van der Waals surface area contributed by atoms with Crippen molar-refractivity contribution in [1.82, 2.24) is 5.32 Å². The fraction of sp³-hybridized carbons (Fsp3) is 0.296. The molecule has 1 atom stereocenters. The van der Waals surface area contributed by atoms with Crippen LogP contribution in [0.3, 0.4) is 0 Å². The lowest BCUT2D eigenvalue weighted by atomic mass is 9.52. The molecule has 3 aliphatic carbocycles. The van der Waals surface area contributed by atoms with Crippen LogP contribution in [0, 0.1) is 5.41 Å². The zero-order valence-electron chi connectivity index (χ0n) is 18.1. The van der Waals surface area contributed by atoms with Gasteiger partial charge in [-0.05, 0) is 47.7 Å². The van der Waals surface area contributed by atoms with Gasteiger partial charge in [-0.1, -0.05) is 48.5 Å². The first-order valence-corrected chi connectivity index (χ1v) is 10.7. The minimum absolute atomic E-state index is 0.0580. The average molecular weight is 414 g/mol. The van der Waals surface area contributed by atoms with Gasteiger partial charge in [-0.25, -0.2) is 0 Å². The maximum atomic E-state index is 13.6. The van der Waals surface area contributed by atoms with Gasteiger partial charge in [-0.15, -0.1) is 0 Å². The second-order valence-electron chi connectivity index (χ2n) is 8.73. The van der Waals surface area contributed by atoms with Gasteiger partial charge in [0.15, 0.2) is 0 Å². The first kappa shape index (κ1) is 19.7. The summed E-state index contributed by atoms with van der Waals surface area (Å²) in [6.07, 6.45) is 0.817. The van der Waals surface area contributed by atoms with Crippen LogP contribution in [0.2, 0.25) is 0 Å². The molecule has 1 amide bonds. The van der Waals surface area contributed by atoms with E-state index in [1.165, 1.54) is 22.3 Å². The molecule has 0 aliphatic heterocycles. The summed E-state index contributed by atoms with van der Waals surface area (Å²) in [7, 11) is 3.26. The molecule has 0 radical (unpaired) electrons. The van der Waals surface area contributed by atoms with Gasteiger partial charge in [-0.2, -0.15) is 0 Å². The number of hydrogen-bond donors (Lipinski definition) is 1. The molecule has 0 spiro atoms. The van der Waals surface area contributed by atoms with Gasteiger partial charge >= 0.3 is 0 Å². The summed E-state index contributed by atoms with van der Waals surface area (Å²) in [5.41, 5.74) is 5.74. The molecule has 158 valence electrons. The Hall–Kier alpha value is -3.27. The summed E-state index contributed by atoms with van der Waals surface area (Å²) in [4.78, 5) is 13.6. The molecule has 0 heterocycles. The number of methoxy groups -OCH3 is 2. The van der Waals surface area contributed by atoms with E-state index >= 15 is 0 Å². The molecule has 4 heteroatoms. The zero-order chi connectivity index (χ0) is 21.6. The predicted octanol–water partition coefficient (Wildman–Crippen LogP) is 5.01. The fourth-order valence-corrected chi connectivity index (χ4v) is 5.56. The highest BCUT2D eigenvalue weighted by atomic mass is 16.5. The van der Waals surface area contributed by atoms with Crippen molar-refractivity contribution in [3.05, 3.63) is 94.5 Å². The second-order valence-corrected chi connectivity index (χ2v) is 8.73. The van der Waals surface area contributed by atoms with E-state index in [0.717, 1.165) is 17.7 Å². The Morgan fingerprint density at radius 2 is 1.55 bits per heavy atom. The average Bonchev–Trinajstić information content (AvgIpc) is 2.82. The number of benzene rings is 3. The maximum absolute atomic E-state index is 13.6. The normalized spacial score (nSPS) is 22.9. The number of carbonyl (C=O) groups excluding carboxylic acids is 1. The molecule has 3 aliphatic rings. The first-order chi connectivity index (χ1) is 15.1. The van der Waals surface area contributed by atoms with Gasteiger partial charge < -0.3 is 14.8 Å². The van der Waals surface area contributed by atoms with Crippen molar-refractivity contribution in [3.8, 4) is 11.5 Å². The Kier molecular flexibility index (Phi) is 4.73.